The molecule has 0 saturated carbocycles. The molecule has 1 rings (SSSR count). The predicted octanol–water partition coefficient (Wildman–Crippen LogP) is -0.723. The lowest BCUT2D eigenvalue weighted by atomic mass is 10.1. The van der Waals surface area contributed by atoms with E-state index in [1.165, 1.54) is 43.4 Å². The zero-order valence-electron chi connectivity index (χ0n) is 8.65. The Morgan fingerprint density at radius 1 is 1.25 bits per heavy atom. The van der Waals surface area contributed by atoms with Gasteiger partial charge in [0.05, 0.1) is 26.7 Å². The molecule has 0 radical (unpaired) electrons. The smallest absolute Gasteiger partial charge is 0.0810 e. The maximum atomic E-state index is 2.42. The summed E-state index contributed by atoms with van der Waals surface area (Å²) in [5, 5.41) is 0. The van der Waals surface area contributed by atoms with E-state index in [1.807, 2.05) is 0 Å². The number of halogens is 1. The summed E-state index contributed by atoms with van der Waals surface area (Å²) in [6, 6.07) is 0. The van der Waals surface area contributed by atoms with Crippen LogP contribution in [0, 0.1) is 5.92 Å². The molecule has 0 N–H and O–H groups in total. The highest BCUT2D eigenvalue weighted by atomic mass is 79.9. The highest BCUT2D eigenvalue weighted by molar-refractivity contribution is 4.55. The third-order valence-corrected chi connectivity index (χ3v) is 3.10. The molecule has 1 saturated heterocycles. The summed E-state index contributed by atoms with van der Waals surface area (Å²) >= 11 is 0. The topological polar surface area (TPSA) is 0 Å². The minimum absolute atomic E-state index is 0. The number of hydrogen-bond donors (Lipinski definition) is 0. The van der Waals surface area contributed by atoms with E-state index in [4.69, 9.17) is 0 Å². The van der Waals surface area contributed by atoms with Gasteiger partial charge in [0.25, 0.3) is 0 Å². The molecule has 1 aliphatic heterocycles. The van der Waals surface area contributed by atoms with Crippen molar-refractivity contribution < 1.29 is 21.5 Å². The van der Waals surface area contributed by atoms with E-state index in [-0.39, 0.29) is 17.0 Å². The quantitative estimate of drug-likeness (QED) is 0.567. The Balaban J connectivity index is 0.00000121. The lowest BCUT2D eigenvalue weighted by molar-refractivity contribution is -0.900. The minimum atomic E-state index is 0. The van der Waals surface area contributed by atoms with Gasteiger partial charge in [-0.05, 0) is 6.42 Å². The summed E-state index contributed by atoms with van der Waals surface area (Å²) in [6.45, 7) is 8.92. The van der Waals surface area contributed by atoms with Crippen molar-refractivity contribution in [3.8, 4) is 0 Å². The van der Waals surface area contributed by atoms with Crippen LogP contribution in [0.1, 0.15) is 33.1 Å². The van der Waals surface area contributed by atoms with Crippen molar-refractivity contribution in [2.24, 2.45) is 5.92 Å². The fourth-order valence-corrected chi connectivity index (χ4v) is 2.16. The maximum Gasteiger partial charge on any atom is 0.0810 e. The Bertz CT molecular complexity index is 119. The van der Waals surface area contributed by atoms with E-state index in [9.17, 15) is 0 Å². The van der Waals surface area contributed by atoms with Crippen LogP contribution in [-0.4, -0.2) is 31.2 Å². The average Bonchev–Trinajstić information content (AvgIpc) is 2.36. The van der Waals surface area contributed by atoms with E-state index in [2.05, 4.69) is 20.9 Å². The lowest BCUT2D eigenvalue weighted by Crippen LogP contribution is -3.00. The second-order valence-corrected chi connectivity index (χ2v) is 4.47. The number of likely N-dealkylation sites (tertiary alicyclic amines) is 1. The third-order valence-electron chi connectivity index (χ3n) is 3.10. The van der Waals surface area contributed by atoms with Gasteiger partial charge in [0.1, 0.15) is 0 Å². The van der Waals surface area contributed by atoms with Crippen molar-refractivity contribution >= 4 is 0 Å². The summed E-state index contributed by atoms with van der Waals surface area (Å²) < 4.78 is 1.34. The average molecular weight is 236 g/mol. The van der Waals surface area contributed by atoms with Crippen molar-refractivity contribution in [3.63, 3.8) is 0 Å². The molecule has 2 heteroatoms. The molecule has 0 amide bonds. The van der Waals surface area contributed by atoms with E-state index in [0.717, 1.165) is 5.92 Å². The fraction of sp³-hybridized carbons (Fsp3) is 1.00. The van der Waals surface area contributed by atoms with Gasteiger partial charge in [0.2, 0.25) is 0 Å². The first-order valence-corrected chi connectivity index (χ1v) is 5.00. The molecule has 1 fully saturated rings. The molecule has 1 nitrogen and oxygen atoms in total. The van der Waals surface area contributed by atoms with Crippen molar-refractivity contribution in [1.82, 2.24) is 0 Å². The second kappa shape index (κ2) is 5.23. The zero-order chi connectivity index (χ0) is 8.32. The van der Waals surface area contributed by atoms with Gasteiger partial charge in [-0.1, -0.05) is 13.8 Å². The molecule has 0 spiro atoms. The number of nitrogens with zero attached hydrogens (tertiary/aromatic N) is 1. The second-order valence-electron chi connectivity index (χ2n) is 4.47. The van der Waals surface area contributed by atoms with Crippen molar-refractivity contribution in [3.05, 3.63) is 0 Å². The van der Waals surface area contributed by atoms with Crippen LogP contribution in [0.2, 0.25) is 0 Å². The maximum absolute atomic E-state index is 2.42. The van der Waals surface area contributed by atoms with Gasteiger partial charge < -0.3 is 21.5 Å². The standard InChI is InChI=1S/C10H22N.BrH/c1-4-10(2)9-11(3)7-5-6-8-11;/h10H,4-9H2,1-3H3;1H/q+1;/p-1. The Labute approximate surface area is 87.5 Å². The van der Waals surface area contributed by atoms with Crippen LogP contribution in [0.25, 0.3) is 0 Å². The largest absolute Gasteiger partial charge is 1.00 e. The highest BCUT2D eigenvalue weighted by Crippen LogP contribution is 2.19. The third kappa shape index (κ3) is 3.44. The van der Waals surface area contributed by atoms with Crippen LogP contribution >= 0.6 is 0 Å². The highest BCUT2D eigenvalue weighted by Gasteiger charge is 2.27. The van der Waals surface area contributed by atoms with Gasteiger partial charge in [0, 0.05) is 18.8 Å². The van der Waals surface area contributed by atoms with Gasteiger partial charge >= 0.3 is 0 Å². The molecule has 0 aromatic heterocycles. The fourth-order valence-electron chi connectivity index (χ4n) is 2.16. The van der Waals surface area contributed by atoms with Crippen molar-refractivity contribution in [2.75, 3.05) is 26.7 Å². The van der Waals surface area contributed by atoms with Gasteiger partial charge in [0.15, 0.2) is 0 Å². The first kappa shape index (κ1) is 12.4. The Kier molecular flexibility index (Phi) is 5.42. The summed E-state index contributed by atoms with van der Waals surface area (Å²) in [4.78, 5) is 0. The van der Waals surface area contributed by atoms with Crippen LogP contribution in [0.15, 0.2) is 0 Å². The summed E-state index contributed by atoms with van der Waals surface area (Å²) in [5.74, 6) is 0.915. The Hall–Kier alpha value is 0.440. The normalized spacial score (nSPS) is 23.2. The Morgan fingerprint density at radius 3 is 2.17 bits per heavy atom. The number of rotatable bonds is 3. The first-order valence-electron chi connectivity index (χ1n) is 5.00. The molecule has 12 heavy (non-hydrogen) atoms. The molecular weight excluding hydrogens is 214 g/mol. The van der Waals surface area contributed by atoms with Gasteiger partial charge in [-0.3, -0.25) is 0 Å². The molecule has 0 bridgehead atoms. The van der Waals surface area contributed by atoms with Crippen molar-refractivity contribution in [1.29, 1.82) is 0 Å². The zero-order valence-corrected chi connectivity index (χ0v) is 10.2. The summed E-state index contributed by atoms with van der Waals surface area (Å²) in [5.41, 5.74) is 0. The van der Waals surface area contributed by atoms with Crippen LogP contribution in [0.4, 0.5) is 0 Å². The van der Waals surface area contributed by atoms with Crippen LogP contribution < -0.4 is 17.0 Å². The van der Waals surface area contributed by atoms with Crippen molar-refractivity contribution in [2.45, 2.75) is 33.1 Å². The van der Waals surface area contributed by atoms with Crippen LogP contribution in [0.3, 0.4) is 0 Å². The minimum Gasteiger partial charge on any atom is -1.00 e. The molecule has 0 aromatic carbocycles. The van der Waals surface area contributed by atoms with E-state index >= 15 is 0 Å². The molecule has 1 aliphatic rings. The number of quaternary nitrogens is 1. The molecule has 1 atom stereocenters. The van der Waals surface area contributed by atoms with Crippen LogP contribution in [-0.2, 0) is 0 Å². The molecule has 0 aliphatic carbocycles. The summed E-state index contributed by atoms with van der Waals surface area (Å²) in [6.07, 6.45) is 4.24. The van der Waals surface area contributed by atoms with Gasteiger partial charge in [-0.2, -0.15) is 0 Å². The van der Waals surface area contributed by atoms with E-state index in [1.54, 1.807) is 0 Å². The van der Waals surface area contributed by atoms with E-state index < -0.39 is 0 Å². The predicted molar refractivity (Wildman–Crippen MR) is 49.5 cm³/mol. The van der Waals surface area contributed by atoms with Gasteiger partial charge in [-0.15, -0.1) is 0 Å². The molecule has 1 heterocycles. The Morgan fingerprint density at radius 2 is 1.75 bits per heavy atom. The van der Waals surface area contributed by atoms with E-state index in [0.29, 0.717) is 0 Å². The van der Waals surface area contributed by atoms with Gasteiger partial charge in [-0.25, -0.2) is 0 Å². The first-order chi connectivity index (χ1) is 5.16. The summed E-state index contributed by atoms with van der Waals surface area (Å²) in [7, 11) is 2.42. The number of hydrogen-bond acceptors (Lipinski definition) is 0. The lowest BCUT2D eigenvalue weighted by Gasteiger charge is -2.31. The van der Waals surface area contributed by atoms with Crippen LogP contribution in [0.5, 0.6) is 0 Å². The molecular formula is C10H22BrN. The monoisotopic (exact) mass is 235 g/mol. The SMILES string of the molecule is CCC(C)C[N+]1(C)CCCC1.[Br-]. The molecule has 1 unspecified atom stereocenters. The molecule has 74 valence electrons. The molecule has 0 aromatic rings.